The summed E-state index contributed by atoms with van der Waals surface area (Å²) in [4.78, 5) is 37.6. The molecule has 27 heavy (non-hydrogen) atoms. The standard InChI is InChI=1S/C21H28N2O4/c1-3-5-7-12-17(4-2)27-20(25)18(23-15-19(24)22-21(23)26)14-13-16-10-8-6-9-11-16/h6,8-11,13-14,17-18H,3-5,7,12,15H2,1-2H3,(H,22,24,26). The quantitative estimate of drug-likeness (QED) is 0.387. The van der Waals surface area contributed by atoms with Gasteiger partial charge in [-0.15, -0.1) is 0 Å². The molecule has 1 aromatic carbocycles. The minimum Gasteiger partial charge on any atom is -0.461 e. The van der Waals surface area contributed by atoms with E-state index in [2.05, 4.69) is 12.2 Å². The smallest absolute Gasteiger partial charge is 0.333 e. The molecular weight excluding hydrogens is 344 g/mol. The Hall–Kier alpha value is -2.63. The number of urea groups is 1. The minimum atomic E-state index is -0.933. The summed E-state index contributed by atoms with van der Waals surface area (Å²) in [6.07, 6.45) is 7.91. The summed E-state index contributed by atoms with van der Waals surface area (Å²) in [5, 5.41) is 2.22. The maximum atomic E-state index is 12.8. The average molecular weight is 372 g/mol. The topological polar surface area (TPSA) is 75.7 Å². The highest BCUT2D eigenvalue weighted by Gasteiger charge is 2.36. The molecule has 1 saturated heterocycles. The Balaban J connectivity index is 2.13. The van der Waals surface area contributed by atoms with E-state index >= 15 is 0 Å². The highest BCUT2D eigenvalue weighted by Crippen LogP contribution is 2.16. The van der Waals surface area contributed by atoms with Gasteiger partial charge in [0.2, 0.25) is 5.91 Å². The number of nitrogens with zero attached hydrogens (tertiary/aromatic N) is 1. The Bertz CT molecular complexity index is 672. The lowest BCUT2D eigenvalue weighted by molar-refractivity contribution is -0.153. The summed E-state index contributed by atoms with van der Waals surface area (Å²) in [6.45, 7) is 3.95. The van der Waals surface area contributed by atoms with Gasteiger partial charge in [0.15, 0.2) is 6.04 Å². The second-order valence-corrected chi connectivity index (χ2v) is 6.66. The monoisotopic (exact) mass is 372 g/mol. The lowest BCUT2D eigenvalue weighted by Crippen LogP contribution is -2.43. The Morgan fingerprint density at radius 3 is 2.56 bits per heavy atom. The van der Waals surface area contributed by atoms with E-state index in [-0.39, 0.29) is 12.6 Å². The number of benzene rings is 1. The number of imide groups is 1. The molecular formula is C21H28N2O4. The van der Waals surface area contributed by atoms with Gasteiger partial charge in [-0.1, -0.05) is 69.2 Å². The fourth-order valence-electron chi connectivity index (χ4n) is 2.96. The molecule has 1 heterocycles. The van der Waals surface area contributed by atoms with Crippen LogP contribution in [0.1, 0.15) is 51.5 Å². The number of unbranched alkanes of at least 4 members (excludes halogenated alkanes) is 2. The van der Waals surface area contributed by atoms with E-state index in [1.165, 1.54) is 4.90 Å². The highest BCUT2D eigenvalue weighted by molar-refractivity contribution is 6.04. The maximum absolute atomic E-state index is 12.8. The highest BCUT2D eigenvalue weighted by atomic mass is 16.5. The molecule has 0 saturated carbocycles. The third kappa shape index (κ3) is 6.24. The Labute approximate surface area is 160 Å². The van der Waals surface area contributed by atoms with E-state index in [1.807, 2.05) is 37.3 Å². The second-order valence-electron chi connectivity index (χ2n) is 6.66. The summed E-state index contributed by atoms with van der Waals surface area (Å²) in [7, 11) is 0. The number of nitrogens with one attached hydrogen (secondary N) is 1. The average Bonchev–Trinajstić information content (AvgIpc) is 3.00. The molecule has 146 valence electrons. The van der Waals surface area contributed by atoms with Gasteiger partial charge in [0.05, 0.1) is 0 Å². The fraction of sp³-hybridized carbons (Fsp3) is 0.476. The first-order valence-electron chi connectivity index (χ1n) is 9.59. The van der Waals surface area contributed by atoms with E-state index in [0.29, 0.717) is 0 Å². The van der Waals surface area contributed by atoms with Crippen molar-refractivity contribution in [2.24, 2.45) is 0 Å². The Morgan fingerprint density at radius 2 is 1.96 bits per heavy atom. The van der Waals surface area contributed by atoms with Gasteiger partial charge in [-0.25, -0.2) is 9.59 Å². The molecule has 1 aliphatic heterocycles. The number of carbonyl (C=O) groups excluding carboxylic acids is 3. The lowest BCUT2D eigenvalue weighted by Gasteiger charge is -2.24. The molecule has 2 atom stereocenters. The Kier molecular flexibility index (Phi) is 8.04. The van der Waals surface area contributed by atoms with Crippen molar-refractivity contribution in [3.63, 3.8) is 0 Å². The molecule has 3 amide bonds. The van der Waals surface area contributed by atoms with E-state index in [9.17, 15) is 14.4 Å². The largest absolute Gasteiger partial charge is 0.461 e. The first-order chi connectivity index (χ1) is 13.0. The SMILES string of the molecule is CCCCCC(CC)OC(=O)C(C=Cc1ccccc1)N1CC(=O)NC1=O. The van der Waals surface area contributed by atoms with Crippen molar-refractivity contribution in [3.05, 3.63) is 42.0 Å². The summed E-state index contributed by atoms with van der Waals surface area (Å²) in [5.74, 6) is -0.920. The Morgan fingerprint density at radius 1 is 1.22 bits per heavy atom. The van der Waals surface area contributed by atoms with E-state index in [0.717, 1.165) is 37.7 Å². The molecule has 1 N–H and O–H groups in total. The predicted molar refractivity (Wildman–Crippen MR) is 104 cm³/mol. The molecule has 1 aliphatic rings. The van der Waals surface area contributed by atoms with Crippen molar-refractivity contribution in [2.75, 3.05) is 6.54 Å². The zero-order valence-corrected chi connectivity index (χ0v) is 16.0. The number of esters is 1. The summed E-state index contributed by atoms with van der Waals surface area (Å²) < 4.78 is 5.67. The normalized spacial score (nSPS) is 16.4. The first kappa shape index (κ1) is 20.7. The molecule has 1 aromatic rings. The fourth-order valence-corrected chi connectivity index (χ4v) is 2.96. The van der Waals surface area contributed by atoms with Crippen LogP contribution in [0.15, 0.2) is 36.4 Å². The number of hydrogen-bond donors (Lipinski definition) is 1. The van der Waals surface area contributed by atoms with Crippen molar-refractivity contribution >= 4 is 24.0 Å². The van der Waals surface area contributed by atoms with E-state index in [1.54, 1.807) is 12.2 Å². The van der Waals surface area contributed by atoms with Gasteiger partial charge < -0.3 is 4.74 Å². The number of ether oxygens (including phenoxy) is 1. The van der Waals surface area contributed by atoms with E-state index in [4.69, 9.17) is 4.74 Å². The predicted octanol–water partition coefficient (Wildman–Crippen LogP) is 3.52. The third-order valence-electron chi connectivity index (χ3n) is 4.54. The molecule has 0 aliphatic carbocycles. The van der Waals surface area contributed by atoms with Crippen LogP contribution in [0.2, 0.25) is 0 Å². The van der Waals surface area contributed by atoms with Gasteiger partial charge in [0.25, 0.3) is 0 Å². The maximum Gasteiger partial charge on any atom is 0.333 e. The molecule has 0 spiro atoms. The summed E-state index contributed by atoms with van der Waals surface area (Å²) in [6, 6.07) is 7.97. The van der Waals surface area contributed by atoms with Crippen LogP contribution in [-0.2, 0) is 14.3 Å². The van der Waals surface area contributed by atoms with Crippen LogP contribution in [0.5, 0.6) is 0 Å². The zero-order valence-electron chi connectivity index (χ0n) is 16.0. The van der Waals surface area contributed by atoms with Crippen molar-refractivity contribution in [2.45, 2.75) is 58.1 Å². The molecule has 0 aromatic heterocycles. The molecule has 1 fully saturated rings. The van der Waals surface area contributed by atoms with Crippen LogP contribution in [-0.4, -0.2) is 41.5 Å². The number of hydrogen-bond acceptors (Lipinski definition) is 4. The van der Waals surface area contributed by atoms with E-state index < -0.39 is 23.9 Å². The zero-order chi connectivity index (χ0) is 19.6. The van der Waals surface area contributed by atoms with Crippen molar-refractivity contribution < 1.29 is 19.1 Å². The molecule has 2 unspecified atom stereocenters. The van der Waals surface area contributed by atoms with Gasteiger partial charge in [-0.05, 0) is 24.8 Å². The number of carbonyl (C=O) groups is 3. The van der Waals surface area contributed by atoms with Crippen molar-refractivity contribution in [1.29, 1.82) is 0 Å². The van der Waals surface area contributed by atoms with Crippen LogP contribution < -0.4 is 5.32 Å². The molecule has 6 heteroatoms. The molecule has 0 radical (unpaired) electrons. The van der Waals surface area contributed by atoms with Crippen LogP contribution in [0.3, 0.4) is 0 Å². The summed E-state index contributed by atoms with van der Waals surface area (Å²) >= 11 is 0. The van der Waals surface area contributed by atoms with Crippen molar-refractivity contribution in [1.82, 2.24) is 10.2 Å². The molecule has 0 bridgehead atoms. The van der Waals surface area contributed by atoms with Gasteiger partial charge in [-0.3, -0.25) is 15.0 Å². The first-order valence-corrected chi connectivity index (χ1v) is 9.59. The van der Waals surface area contributed by atoms with Gasteiger partial charge >= 0.3 is 12.0 Å². The van der Waals surface area contributed by atoms with Gasteiger partial charge in [0.1, 0.15) is 12.6 Å². The number of amides is 3. The van der Waals surface area contributed by atoms with Gasteiger partial charge in [0, 0.05) is 0 Å². The molecule has 2 rings (SSSR count). The minimum absolute atomic E-state index is 0.148. The summed E-state index contributed by atoms with van der Waals surface area (Å²) in [5.41, 5.74) is 0.899. The number of rotatable bonds is 10. The third-order valence-corrected chi connectivity index (χ3v) is 4.54. The van der Waals surface area contributed by atoms with Crippen molar-refractivity contribution in [3.8, 4) is 0 Å². The van der Waals surface area contributed by atoms with Gasteiger partial charge in [-0.2, -0.15) is 0 Å². The second kappa shape index (κ2) is 10.5. The lowest BCUT2D eigenvalue weighted by atomic mass is 10.1. The van der Waals surface area contributed by atoms with Crippen LogP contribution in [0.4, 0.5) is 4.79 Å². The van der Waals surface area contributed by atoms with Crippen LogP contribution in [0.25, 0.3) is 6.08 Å². The van der Waals surface area contributed by atoms with Crippen LogP contribution >= 0.6 is 0 Å². The van der Waals surface area contributed by atoms with Crippen LogP contribution in [0, 0.1) is 0 Å². The molecule has 6 nitrogen and oxygen atoms in total.